The van der Waals surface area contributed by atoms with E-state index in [1.165, 1.54) is 40.5 Å². The quantitative estimate of drug-likeness (QED) is 0.574. The van der Waals surface area contributed by atoms with E-state index in [1.54, 1.807) is 0 Å². The SMILES string of the molecule is Cc1cc(C)cc(-c2ccc3c(CC4(C#N)CCCC4)cccc3n2)c1. The lowest BCUT2D eigenvalue weighted by molar-refractivity contribution is 0.409. The number of fused-ring (bicyclic) bond motifs is 1. The molecule has 1 aliphatic carbocycles. The molecule has 130 valence electrons. The highest BCUT2D eigenvalue weighted by molar-refractivity contribution is 5.85. The van der Waals surface area contributed by atoms with Gasteiger partial charge in [-0.2, -0.15) is 5.26 Å². The monoisotopic (exact) mass is 340 g/mol. The van der Waals surface area contributed by atoms with Gasteiger partial charge in [-0.25, -0.2) is 4.98 Å². The van der Waals surface area contributed by atoms with Crippen molar-refractivity contribution in [1.29, 1.82) is 5.26 Å². The Morgan fingerprint density at radius 1 is 1.00 bits per heavy atom. The van der Waals surface area contributed by atoms with Crippen LogP contribution >= 0.6 is 0 Å². The van der Waals surface area contributed by atoms with E-state index in [2.05, 4.69) is 68.4 Å². The first-order valence-corrected chi connectivity index (χ1v) is 9.47. The van der Waals surface area contributed by atoms with Gasteiger partial charge in [-0.3, -0.25) is 0 Å². The van der Waals surface area contributed by atoms with E-state index in [0.29, 0.717) is 0 Å². The lowest BCUT2D eigenvalue weighted by atomic mass is 9.80. The van der Waals surface area contributed by atoms with Crippen LogP contribution in [-0.4, -0.2) is 4.98 Å². The molecule has 0 unspecified atom stereocenters. The van der Waals surface area contributed by atoms with E-state index >= 15 is 0 Å². The molecule has 0 N–H and O–H groups in total. The lowest BCUT2D eigenvalue weighted by Crippen LogP contribution is -2.17. The van der Waals surface area contributed by atoms with Crippen LogP contribution in [0.5, 0.6) is 0 Å². The molecule has 1 heterocycles. The van der Waals surface area contributed by atoms with Gasteiger partial charge in [-0.15, -0.1) is 0 Å². The second-order valence-electron chi connectivity index (χ2n) is 7.83. The van der Waals surface area contributed by atoms with Crippen molar-refractivity contribution < 1.29 is 0 Å². The molecule has 2 nitrogen and oxygen atoms in total. The Balaban J connectivity index is 1.75. The normalized spacial score (nSPS) is 15.9. The van der Waals surface area contributed by atoms with Crippen molar-refractivity contribution >= 4 is 10.9 Å². The Morgan fingerprint density at radius 2 is 1.73 bits per heavy atom. The smallest absolute Gasteiger partial charge is 0.0712 e. The maximum absolute atomic E-state index is 9.73. The van der Waals surface area contributed by atoms with Crippen LogP contribution in [0.3, 0.4) is 0 Å². The number of nitrogens with zero attached hydrogens (tertiary/aromatic N) is 2. The Kier molecular flexibility index (Phi) is 4.24. The summed E-state index contributed by atoms with van der Waals surface area (Å²) in [6.07, 6.45) is 5.23. The fourth-order valence-corrected chi connectivity index (χ4v) is 4.40. The standard InChI is InChI=1S/C24H24N2/c1-17-12-18(2)14-20(13-17)22-9-8-21-19(6-5-7-23(21)26-22)15-24(16-25)10-3-4-11-24/h5-9,12-14H,3-4,10-11,15H2,1-2H3. The largest absolute Gasteiger partial charge is 0.248 e. The van der Waals surface area contributed by atoms with Gasteiger partial charge < -0.3 is 0 Å². The minimum absolute atomic E-state index is 0.180. The minimum atomic E-state index is -0.180. The van der Waals surface area contributed by atoms with E-state index in [4.69, 9.17) is 4.98 Å². The van der Waals surface area contributed by atoms with Gasteiger partial charge in [0.1, 0.15) is 0 Å². The van der Waals surface area contributed by atoms with Gasteiger partial charge in [-0.1, -0.05) is 48.2 Å². The minimum Gasteiger partial charge on any atom is -0.248 e. The average molecular weight is 340 g/mol. The van der Waals surface area contributed by atoms with Crippen LogP contribution in [0.25, 0.3) is 22.2 Å². The molecule has 1 saturated carbocycles. The van der Waals surface area contributed by atoms with Gasteiger partial charge in [0, 0.05) is 10.9 Å². The van der Waals surface area contributed by atoms with E-state index in [-0.39, 0.29) is 5.41 Å². The number of hydrogen-bond acceptors (Lipinski definition) is 2. The topological polar surface area (TPSA) is 36.7 Å². The number of benzene rings is 2. The molecule has 26 heavy (non-hydrogen) atoms. The summed E-state index contributed by atoms with van der Waals surface area (Å²) < 4.78 is 0. The highest BCUT2D eigenvalue weighted by Gasteiger charge is 2.34. The highest BCUT2D eigenvalue weighted by atomic mass is 14.7. The number of aryl methyl sites for hydroxylation is 2. The molecule has 2 heteroatoms. The summed E-state index contributed by atoms with van der Waals surface area (Å²) in [6, 6.07) is 19.8. The van der Waals surface area contributed by atoms with Crippen molar-refractivity contribution in [3.63, 3.8) is 0 Å². The van der Waals surface area contributed by atoms with Crippen LogP contribution in [0, 0.1) is 30.6 Å². The molecule has 0 saturated heterocycles. The zero-order chi connectivity index (χ0) is 18.1. The van der Waals surface area contributed by atoms with Crippen molar-refractivity contribution in [2.45, 2.75) is 46.0 Å². The predicted molar refractivity (Wildman–Crippen MR) is 107 cm³/mol. The molecule has 0 atom stereocenters. The van der Waals surface area contributed by atoms with Crippen LogP contribution in [-0.2, 0) is 6.42 Å². The first-order chi connectivity index (χ1) is 12.6. The average Bonchev–Trinajstić information content (AvgIpc) is 3.10. The van der Waals surface area contributed by atoms with Gasteiger partial charge in [0.25, 0.3) is 0 Å². The molecule has 1 fully saturated rings. The molecular formula is C24H24N2. The maximum atomic E-state index is 9.73. The fraction of sp³-hybridized carbons (Fsp3) is 0.333. The number of pyridine rings is 1. The Morgan fingerprint density at radius 3 is 2.42 bits per heavy atom. The molecule has 4 rings (SSSR count). The van der Waals surface area contributed by atoms with Crippen molar-refractivity contribution in [2.75, 3.05) is 0 Å². The van der Waals surface area contributed by atoms with E-state index in [9.17, 15) is 5.26 Å². The molecule has 0 spiro atoms. The summed E-state index contributed by atoms with van der Waals surface area (Å²) in [6.45, 7) is 4.25. The summed E-state index contributed by atoms with van der Waals surface area (Å²) in [5.74, 6) is 0. The molecule has 0 bridgehead atoms. The van der Waals surface area contributed by atoms with Gasteiger partial charge in [-0.05, 0) is 62.9 Å². The third kappa shape index (κ3) is 3.10. The summed E-state index contributed by atoms with van der Waals surface area (Å²) in [5, 5.41) is 10.9. The number of rotatable bonds is 3. The summed E-state index contributed by atoms with van der Waals surface area (Å²) in [7, 11) is 0. The van der Waals surface area contributed by atoms with Crippen molar-refractivity contribution in [3.05, 3.63) is 65.2 Å². The first kappa shape index (κ1) is 16.8. The van der Waals surface area contributed by atoms with Crippen LogP contribution in [0.4, 0.5) is 0 Å². The van der Waals surface area contributed by atoms with E-state index in [1.807, 2.05) is 0 Å². The van der Waals surface area contributed by atoms with E-state index < -0.39 is 0 Å². The molecule has 1 aromatic heterocycles. The van der Waals surface area contributed by atoms with E-state index in [0.717, 1.165) is 30.5 Å². The molecule has 0 amide bonds. The zero-order valence-electron chi connectivity index (χ0n) is 15.5. The fourth-order valence-electron chi connectivity index (χ4n) is 4.40. The van der Waals surface area contributed by atoms with Crippen molar-refractivity contribution in [3.8, 4) is 17.3 Å². The molecule has 0 radical (unpaired) electrons. The first-order valence-electron chi connectivity index (χ1n) is 9.47. The van der Waals surface area contributed by atoms with Gasteiger partial charge in [0.2, 0.25) is 0 Å². The summed E-state index contributed by atoms with van der Waals surface area (Å²) in [4.78, 5) is 4.93. The molecule has 2 aromatic carbocycles. The van der Waals surface area contributed by atoms with Crippen molar-refractivity contribution in [1.82, 2.24) is 4.98 Å². The Labute approximate surface area is 155 Å². The van der Waals surface area contributed by atoms with Gasteiger partial charge in [0.05, 0.1) is 22.7 Å². The molecular weight excluding hydrogens is 316 g/mol. The molecule has 1 aliphatic rings. The summed E-state index contributed by atoms with van der Waals surface area (Å²) >= 11 is 0. The Bertz CT molecular complexity index is 984. The zero-order valence-corrected chi connectivity index (χ0v) is 15.5. The van der Waals surface area contributed by atoms with Crippen LogP contribution in [0.1, 0.15) is 42.4 Å². The van der Waals surface area contributed by atoms with Crippen LogP contribution in [0.15, 0.2) is 48.5 Å². The molecule has 0 aliphatic heterocycles. The van der Waals surface area contributed by atoms with Crippen LogP contribution in [0.2, 0.25) is 0 Å². The lowest BCUT2D eigenvalue weighted by Gasteiger charge is -2.21. The maximum Gasteiger partial charge on any atom is 0.0712 e. The van der Waals surface area contributed by atoms with Gasteiger partial charge >= 0.3 is 0 Å². The summed E-state index contributed by atoms with van der Waals surface area (Å²) in [5.41, 5.74) is 6.79. The van der Waals surface area contributed by atoms with Crippen molar-refractivity contribution in [2.24, 2.45) is 5.41 Å². The van der Waals surface area contributed by atoms with Crippen LogP contribution < -0.4 is 0 Å². The predicted octanol–water partition coefficient (Wildman–Crippen LogP) is 6.15. The second-order valence-corrected chi connectivity index (χ2v) is 7.83. The highest BCUT2D eigenvalue weighted by Crippen LogP contribution is 2.41. The van der Waals surface area contributed by atoms with Gasteiger partial charge in [0.15, 0.2) is 0 Å². The Hall–Kier alpha value is -2.66. The number of aromatic nitrogens is 1. The third-order valence-electron chi connectivity index (χ3n) is 5.67. The third-order valence-corrected chi connectivity index (χ3v) is 5.67. The second kappa shape index (κ2) is 6.57. The number of nitriles is 1. The molecule has 3 aromatic rings. The number of hydrogen-bond donors (Lipinski definition) is 0.